The van der Waals surface area contributed by atoms with Crippen molar-refractivity contribution in [1.29, 1.82) is 0 Å². The van der Waals surface area contributed by atoms with Gasteiger partial charge < -0.3 is 10.1 Å². The van der Waals surface area contributed by atoms with E-state index in [9.17, 15) is 24.1 Å². The predicted octanol–water partition coefficient (Wildman–Crippen LogP) is 4.64. The van der Waals surface area contributed by atoms with Crippen LogP contribution in [0.2, 0.25) is 5.02 Å². The van der Waals surface area contributed by atoms with Crippen LogP contribution < -0.4 is 10.1 Å². The Morgan fingerprint density at radius 2 is 1.60 bits per heavy atom. The summed E-state index contributed by atoms with van der Waals surface area (Å²) in [5, 5.41) is 13.4. The SMILES string of the molecule is O=C(COc1ccc(C(=O)c2ccc(F)cc2)cc1)Nc1cc([N+](=O)[O-])ccc1Cl. The number of halogens is 2. The lowest BCUT2D eigenvalue weighted by Gasteiger charge is -2.09. The Labute approximate surface area is 175 Å². The van der Waals surface area contributed by atoms with E-state index in [1.807, 2.05) is 0 Å². The molecule has 0 aromatic heterocycles. The fraction of sp³-hybridized carbons (Fsp3) is 0.0476. The lowest BCUT2D eigenvalue weighted by atomic mass is 10.0. The molecule has 0 spiro atoms. The number of nitro groups is 1. The van der Waals surface area contributed by atoms with Gasteiger partial charge in [-0.15, -0.1) is 0 Å². The number of benzene rings is 3. The number of non-ortho nitro benzene ring substituents is 1. The number of amides is 1. The van der Waals surface area contributed by atoms with Gasteiger partial charge in [0.05, 0.1) is 15.6 Å². The van der Waals surface area contributed by atoms with Gasteiger partial charge in [-0.3, -0.25) is 19.7 Å². The fourth-order valence-corrected chi connectivity index (χ4v) is 2.69. The van der Waals surface area contributed by atoms with Crippen molar-refractivity contribution in [1.82, 2.24) is 0 Å². The molecule has 9 heteroatoms. The van der Waals surface area contributed by atoms with E-state index < -0.39 is 16.6 Å². The Kier molecular flexibility index (Phi) is 6.38. The summed E-state index contributed by atoms with van der Waals surface area (Å²) in [6.07, 6.45) is 0. The lowest BCUT2D eigenvalue weighted by Crippen LogP contribution is -2.20. The maximum Gasteiger partial charge on any atom is 0.271 e. The summed E-state index contributed by atoms with van der Waals surface area (Å²) in [5.74, 6) is -0.936. The molecule has 0 aliphatic heterocycles. The number of ether oxygens (including phenoxy) is 1. The molecule has 0 heterocycles. The van der Waals surface area contributed by atoms with Crippen molar-refractivity contribution in [2.24, 2.45) is 0 Å². The highest BCUT2D eigenvalue weighted by atomic mass is 35.5. The van der Waals surface area contributed by atoms with Crippen molar-refractivity contribution in [2.45, 2.75) is 0 Å². The van der Waals surface area contributed by atoms with E-state index in [0.717, 1.165) is 6.07 Å². The first-order chi connectivity index (χ1) is 14.3. The second-order valence-electron chi connectivity index (χ2n) is 6.12. The third-order valence-corrected chi connectivity index (χ3v) is 4.36. The van der Waals surface area contributed by atoms with Crippen molar-refractivity contribution in [2.75, 3.05) is 11.9 Å². The molecule has 0 aliphatic carbocycles. The molecule has 0 saturated carbocycles. The second-order valence-corrected chi connectivity index (χ2v) is 6.53. The number of ketones is 1. The number of rotatable bonds is 7. The van der Waals surface area contributed by atoms with Gasteiger partial charge in [-0.1, -0.05) is 11.6 Å². The maximum atomic E-state index is 13.0. The van der Waals surface area contributed by atoms with Gasteiger partial charge in [-0.2, -0.15) is 0 Å². The smallest absolute Gasteiger partial charge is 0.271 e. The zero-order valence-corrected chi connectivity index (χ0v) is 16.1. The highest BCUT2D eigenvalue weighted by Gasteiger charge is 2.13. The van der Waals surface area contributed by atoms with Crippen LogP contribution in [-0.4, -0.2) is 23.2 Å². The Morgan fingerprint density at radius 3 is 2.20 bits per heavy atom. The zero-order valence-electron chi connectivity index (χ0n) is 15.3. The molecule has 0 bridgehead atoms. The van der Waals surface area contributed by atoms with Crippen LogP contribution in [0.15, 0.2) is 66.7 Å². The van der Waals surface area contributed by atoms with Crippen LogP contribution in [-0.2, 0) is 4.79 Å². The number of carbonyl (C=O) groups is 2. The van der Waals surface area contributed by atoms with Gasteiger partial charge in [0, 0.05) is 23.3 Å². The number of hydrogen-bond acceptors (Lipinski definition) is 5. The van der Waals surface area contributed by atoms with Crippen molar-refractivity contribution >= 4 is 34.7 Å². The number of nitrogens with zero attached hydrogens (tertiary/aromatic N) is 1. The molecule has 0 radical (unpaired) electrons. The van der Waals surface area contributed by atoms with Gasteiger partial charge >= 0.3 is 0 Å². The van der Waals surface area contributed by atoms with Gasteiger partial charge in [0.25, 0.3) is 11.6 Å². The maximum absolute atomic E-state index is 13.0. The molecule has 0 fully saturated rings. The molecule has 0 aliphatic rings. The topological polar surface area (TPSA) is 98.5 Å². The summed E-state index contributed by atoms with van der Waals surface area (Å²) >= 11 is 5.94. The number of nitrogens with one attached hydrogen (secondary N) is 1. The van der Waals surface area contributed by atoms with E-state index in [1.54, 1.807) is 0 Å². The molecule has 0 atom stereocenters. The summed E-state index contributed by atoms with van der Waals surface area (Å²) in [7, 11) is 0. The molecule has 0 unspecified atom stereocenters. The van der Waals surface area contributed by atoms with Gasteiger partial charge in [-0.25, -0.2) is 4.39 Å². The van der Waals surface area contributed by atoms with Gasteiger partial charge in [0.15, 0.2) is 12.4 Å². The van der Waals surface area contributed by atoms with Crippen molar-refractivity contribution < 1.29 is 23.6 Å². The van der Waals surface area contributed by atoms with E-state index in [-0.39, 0.29) is 28.8 Å². The quantitative estimate of drug-likeness (QED) is 0.336. The first-order valence-corrected chi connectivity index (χ1v) is 8.98. The minimum Gasteiger partial charge on any atom is -0.484 e. The molecule has 0 saturated heterocycles. The van der Waals surface area contributed by atoms with Crippen LogP contribution >= 0.6 is 11.6 Å². The Balaban J connectivity index is 1.59. The third kappa shape index (κ3) is 5.18. The van der Waals surface area contributed by atoms with Gasteiger partial charge in [-0.05, 0) is 54.6 Å². The van der Waals surface area contributed by atoms with Crippen LogP contribution in [0.25, 0.3) is 0 Å². The van der Waals surface area contributed by atoms with E-state index in [0.29, 0.717) is 16.9 Å². The molecule has 152 valence electrons. The molecule has 7 nitrogen and oxygen atoms in total. The summed E-state index contributed by atoms with van der Waals surface area (Å²) in [6, 6.07) is 15.0. The molecule has 3 aromatic rings. The van der Waals surface area contributed by atoms with Gasteiger partial charge in [0.1, 0.15) is 11.6 Å². The first-order valence-electron chi connectivity index (χ1n) is 8.60. The average molecular weight is 429 g/mol. The largest absolute Gasteiger partial charge is 0.484 e. The Bertz CT molecular complexity index is 1100. The highest BCUT2D eigenvalue weighted by Crippen LogP contribution is 2.26. The summed E-state index contributed by atoms with van der Waals surface area (Å²) in [4.78, 5) is 34.6. The average Bonchev–Trinajstić information content (AvgIpc) is 2.74. The van der Waals surface area contributed by atoms with E-state index in [1.165, 1.54) is 60.7 Å². The molecule has 3 rings (SSSR count). The first kappa shape index (κ1) is 20.9. The van der Waals surface area contributed by atoms with Crippen LogP contribution in [0.5, 0.6) is 5.75 Å². The number of anilines is 1. The Morgan fingerprint density at radius 1 is 1.00 bits per heavy atom. The summed E-state index contributed by atoms with van der Waals surface area (Å²) < 4.78 is 18.3. The molecular weight excluding hydrogens is 415 g/mol. The highest BCUT2D eigenvalue weighted by molar-refractivity contribution is 6.33. The van der Waals surface area contributed by atoms with Crippen molar-refractivity contribution in [3.63, 3.8) is 0 Å². The monoisotopic (exact) mass is 428 g/mol. The summed E-state index contributed by atoms with van der Waals surface area (Å²) in [5.41, 5.74) is 0.608. The van der Waals surface area contributed by atoms with E-state index in [2.05, 4.69) is 5.32 Å². The molecular formula is C21H14ClFN2O5. The molecule has 3 aromatic carbocycles. The van der Waals surface area contributed by atoms with Crippen LogP contribution in [0.1, 0.15) is 15.9 Å². The van der Waals surface area contributed by atoms with Crippen LogP contribution in [0.4, 0.5) is 15.8 Å². The van der Waals surface area contributed by atoms with Crippen LogP contribution in [0.3, 0.4) is 0 Å². The van der Waals surface area contributed by atoms with Crippen LogP contribution in [0, 0.1) is 15.9 Å². The van der Waals surface area contributed by atoms with Gasteiger partial charge in [0.2, 0.25) is 0 Å². The fourth-order valence-electron chi connectivity index (χ4n) is 2.53. The lowest BCUT2D eigenvalue weighted by molar-refractivity contribution is -0.384. The normalized spacial score (nSPS) is 10.3. The Hall–Kier alpha value is -3.78. The zero-order chi connectivity index (χ0) is 21.7. The molecule has 30 heavy (non-hydrogen) atoms. The van der Waals surface area contributed by atoms with Crippen molar-refractivity contribution in [3.05, 3.63) is 98.8 Å². The van der Waals surface area contributed by atoms with E-state index >= 15 is 0 Å². The third-order valence-electron chi connectivity index (χ3n) is 4.03. The minimum atomic E-state index is -0.600. The summed E-state index contributed by atoms with van der Waals surface area (Å²) in [6.45, 7) is -0.371. The number of hydrogen-bond donors (Lipinski definition) is 1. The number of carbonyl (C=O) groups excluding carboxylic acids is 2. The minimum absolute atomic E-state index is 0.0970. The van der Waals surface area contributed by atoms with E-state index in [4.69, 9.17) is 16.3 Å². The predicted molar refractivity (Wildman–Crippen MR) is 109 cm³/mol. The molecule has 1 amide bonds. The molecule has 1 N–H and O–H groups in total. The number of nitro benzene ring substituents is 1. The second kappa shape index (κ2) is 9.15. The standard InChI is InChI=1S/C21H14ClFN2O5/c22-18-10-7-16(25(28)29)11-19(18)24-20(26)12-30-17-8-3-14(4-9-17)21(27)13-1-5-15(23)6-2-13/h1-11H,12H2,(H,24,26). The van der Waals surface area contributed by atoms with Crippen molar-refractivity contribution in [3.8, 4) is 5.75 Å².